The van der Waals surface area contributed by atoms with Crippen molar-refractivity contribution in [3.63, 3.8) is 0 Å². The van der Waals surface area contributed by atoms with Crippen LogP contribution in [0.4, 0.5) is 0 Å². The molecule has 1 unspecified atom stereocenters. The van der Waals surface area contributed by atoms with Crippen molar-refractivity contribution < 1.29 is 4.79 Å². The van der Waals surface area contributed by atoms with Crippen LogP contribution in [0.2, 0.25) is 0 Å². The van der Waals surface area contributed by atoms with Gasteiger partial charge in [-0.1, -0.05) is 18.6 Å². The van der Waals surface area contributed by atoms with Gasteiger partial charge < -0.3 is 11.1 Å². The first-order valence-electron chi connectivity index (χ1n) is 6.44. The second-order valence-corrected chi connectivity index (χ2v) is 4.55. The average Bonchev–Trinajstić information content (AvgIpc) is 2.33. The third-order valence-electron chi connectivity index (χ3n) is 3.07. The van der Waals surface area contributed by atoms with Gasteiger partial charge >= 0.3 is 0 Å². The van der Waals surface area contributed by atoms with Crippen molar-refractivity contribution >= 4 is 5.91 Å². The Morgan fingerprint density at radius 2 is 2.19 bits per heavy atom. The van der Waals surface area contributed by atoms with Gasteiger partial charge in [-0.05, 0) is 44.6 Å². The molecule has 3 nitrogen and oxygen atoms in total. The number of amides is 1. The van der Waals surface area contributed by atoms with E-state index in [1.807, 2.05) is 0 Å². The molecular weight excluding hydrogens is 200 g/mol. The van der Waals surface area contributed by atoms with Gasteiger partial charge in [-0.15, -0.1) is 0 Å². The number of carbonyl (C=O) groups excluding carboxylic acids is 1. The first kappa shape index (κ1) is 13.2. The predicted molar refractivity (Wildman–Crippen MR) is 67.0 cm³/mol. The highest BCUT2D eigenvalue weighted by molar-refractivity contribution is 5.75. The van der Waals surface area contributed by atoms with E-state index in [2.05, 4.69) is 17.5 Å². The lowest BCUT2D eigenvalue weighted by Crippen LogP contribution is -2.29. The van der Waals surface area contributed by atoms with Crippen LogP contribution in [0.25, 0.3) is 0 Å². The van der Waals surface area contributed by atoms with Gasteiger partial charge in [0.05, 0.1) is 0 Å². The highest BCUT2D eigenvalue weighted by Gasteiger charge is 2.10. The number of allylic oxidation sites excluding steroid dienone is 2. The lowest BCUT2D eigenvalue weighted by atomic mass is 9.94. The summed E-state index contributed by atoms with van der Waals surface area (Å²) < 4.78 is 0. The molecule has 1 amide bonds. The number of nitrogens with one attached hydrogen (secondary N) is 1. The molecule has 0 aromatic rings. The molecule has 1 aliphatic carbocycles. The Bertz CT molecular complexity index is 226. The van der Waals surface area contributed by atoms with Crippen LogP contribution in [-0.2, 0) is 4.79 Å². The zero-order valence-corrected chi connectivity index (χ0v) is 10.1. The molecule has 0 saturated heterocycles. The minimum Gasteiger partial charge on any atom is -0.356 e. The van der Waals surface area contributed by atoms with Gasteiger partial charge in [0.1, 0.15) is 0 Å². The van der Waals surface area contributed by atoms with Crippen LogP contribution >= 0.6 is 0 Å². The monoisotopic (exact) mass is 224 g/mol. The molecule has 1 aliphatic rings. The molecule has 0 spiro atoms. The summed E-state index contributed by atoms with van der Waals surface area (Å²) in [6.07, 6.45) is 11.7. The van der Waals surface area contributed by atoms with E-state index in [0.29, 0.717) is 12.3 Å². The predicted octanol–water partition coefficient (Wildman–Crippen LogP) is 1.98. The van der Waals surface area contributed by atoms with Gasteiger partial charge in [-0.2, -0.15) is 0 Å². The van der Waals surface area contributed by atoms with Gasteiger partial charge in [-0.25, -0.2) is 0 Å². The molecule has 16 heavy (non-hydrogen) atoms. The Labute approximate surface area is 98.5 Å². The topological polar surface area (TPSA) is 55.1 Å². The molecule has 0 aromatic carbocycles. The van der Waals surface area contributed by atoms with Gasteiger partial charge in [0.2, 0.25) is 5.91 Å². The first-order chi connectivity index (χ1) is 7.83. The Morgan fingerprint density at radius 3 is 2.88 bits per heavy atom. The second-order valence-electron chi connectivity index (χ2n) is 4.55. The van der Waals surface area contributed by atoms with Crippen molar-refractivity contribution in [3.8, 4) is 0 Å². The molecule has 0 radical (unpaired) electrons. The summed E-state index contributed by atoms with van der Waals surface area (Å²) in [5, 5.41) is 3.03. The maximum atomic E-state index is 11.5. The summed E-state index contributed by atoms with van der Waals surface area (Å²) in [4.78, 5) is 11.5. The molecule has 0 fully saturated rings. The summed E-state index contributed by atoms with van der Waals surface area (Å²) >= 11 is 0. The molecule has 3 N–H and O–H groups in total. The molecule has 0 heterocycles. The fraction of sp³-hybridized carbons (Fsp3) is 0.769. The number of hydrogen-bond acceptors (Lipinski definition) is 2. The molecule has 0 saturated carbocycles. The van der Waals surface area contributed by atoms with Gasteiger partial charge in [0.25, 0.3) is 0 Å². The molecule has 0 aromatic heterocycles. The first-order valence-corrected chi connectivity index (χ1v) is 6.44. The summed E-state index contributed by atoms with van der Waals surface area (Å²) in [6, 6.07) is 0. The minimum atomic E-state index is 0.201. The van der Waals surface area contributed by atoms with E-state index in [-0.39, 0.29) is 5.91 Å². The van der Waals surface area contributed by atoms with Crippen LogP contribution in [0.3, 0.4) is 0 Å². The second kappa shape index (κ2) is 8.34. The molecular formula is C13H24N2O. The molecule has 3 heteroatoms. The Morgan fingerprint density at radius 1 is 1.31 bits per heavy atom. The molecule has 1 atom stereocenters. The van der Waals surface area contributed by atoms with Crippen molar-refractivity contribution in [2.24, 2.45) is 11.7 Å². The number of unbranched alkanes of at least 4 members (excludes halogenated alkanes) is 2. The number of rotatable bonds is 7. The molecule has 92 valence electrons. The highest BCUT2D eigenvalue weighted by atomic mass is 16.1. The Hall–Kier alpha value is -0.830. The van der Waals surface area contributed by atoms with E-state index in [4.69, 9.17) is 5.73 Å². The van der Waals surface area contributed by atoms with Crippen LogP contribution in [0.1, 0.15) is 44.9 Å². The maximum absolute atomic E-state index is 11.5. The maximum Gasteiger partial charge on any atom is 0.220 e. The van der Waals surface area contributed by atoms with E-state index in [1.54, 1.807) is 0 Å². The third-order valence-corrected chi connectivity index (χ3v) is 3.07. The third kappa shape index (κ3) is 5.91. The quantitative estimate of drug-likeness (QED) is 0.513. The summed E-state index contributed by atoms with van der Waals surface area (Å²) in [6.45, 7) is 1.58. The molecule has 1 rings (SSSR count). The SMILES string of the molecule is NCCCCCC(=O)NCC1CC=CCC1. The van der Waals surface area contributed by atoms with E-state index in [9.17, 15) is 4.79 Å². The summed E-state index contributed by atoms with van der Waals surface area (Å²) in [5.41, 5.74) is 5.39. The minimum absolute atomic E-state index is 0.201. The number of hydrogen-bond donors (Lipinski definition) is 2. The fourth-order valence-electron chi connectivity index (χ4n) is 1.99. The van der Waals surface area contributed by atoms with E-state index in [0.717, 1.165) is 45.2 Å². The van der Waals surface area contributed by atoms with Crippen molar-refractivity contribution in [2.45, 2.75) is 44.9 Å². The van der Waals surface area contributed by atoms with Crippen LogP contribution in [0.5, 0.6) is 0 Å². The fourth-order valence-corrected chi connectivity index (χ4v) is 1.99. The summed E-state index contributed by atoms with van der Waals surface area (Å²) in [5.74, 6) is 0.851. The van der Waals surface area contributed by atoms with E-state index in [1.165, 1.54) is 6.42 Å². The van der Waals surface area contributed by atoms with Gasteiger partial charge in [0.15, 0.2) is 0 Å². The van der Waals surface area contributed by atoms with Crippen molar-refractivity contribution in [1.29, 1.82) is 0 Å². The smallest absolute Gasteiger partial charge is 0.220 e. The van der Waals surface area contributed by atoms with E-state index >= 15 is 0 Å². The average molecular weight is 224 g/mol. The van der Waals surface area contributed by atoms with Crippen molar-refractivity contribution in [2.75, 3.05) is 13.1 Å². The van der Waals surface area contributed by atoms with Crippen molar-refractivity contribution in [3.05, 3.63) is 12.2 Å². The normalized spacial score (nSPS) is 19.7. The van der Waals surface area contributed by atoms with Crippen LogP contribution < -0.4 is 11.1 Å². The van der Waals surface area contributed by atoms with Crippen LogP contribution in [0, 0.1) is 5.92 Å². The van der Waals surface area contributed by atoms with E-state index < -0.39 is 0 Å². The lowest BCUT2D eigenvalue weighted by Gasteiger charge is -2.18. The van der Waals surface area contributed by atoms with Crippen LogP contribution in [0.15, 0.2) is 12.2 Å². The highest BCUT2D eigenvalue weighted by Crippen LogP contribution is 2.16. The lowest BCUT2D eigenvalue weighted by molar-refractivity contribution is -0.121. The standard InChI is InChI=1S/C13H24N2O/c14-10-6-2-5-9-13(16)15-11-12-7-3-1-4-8-12/h1,3,12H,2,4-11,14H2,(H,15,16). The van der Waals surface area contributed by atoms with Crippen LogP contribution in [-0.4, -0.2) is 19.0 Å². The Kier molecular flexibility index (Phi) is 6.90. The largest absolute Gasteiger partial charge is 0.356 e. The Balaban J connectivity index is 1.99. The zero-order chi connectivity index (χ0) is 11.6. The summed E-state index contributed by atoms with van der Waals surface area (Å²) in [7, 11) is 0. The number of nitrogens with two attached hydrogens (primary N) is 1. The number of carbonyl (C=O) groups is 1. The molecule has 0 bridgehead atoms. The van der Waals surface area contributed by atoms with Gasteiger partial charge in [0, 0.05) is 13.0 Å². The molecule has 0 aliphatic heterocycles. The zero-order valence-electron chi connectivity index (χ0n) is 10.1. The van der Waals surface area contributed by atoms with Crippen molar-refractivity contribution in [1.82, 2.24) is 5.32 Å². The van der Waals surface area contributed by atoms with Gasteiger partial charge in [-0.3, -0.25) is 4.79 Å².